The van der Waals surface area contributed by atoms with Crippen molar-refractivity contribution in [3.63, 3.8) is 0 Å². The van der Waals surface area contributed by atoms with E-state index in [2.05, 4.69) is 0 Å². The Kier molecular flexibility index (Phi) is 26.5. The molecule has 23 valence electrons. The van der Waals surface area contributed by atoms with Crippen molar-refractivity contribution in [3.05, 3.63) is 0 Å². The van der Waals surface area contributed by atoms with Crippen LogP contribution in [0.3, 0.4) is 0 Å². The van der Waals surface area contributed by atoms with Gasteiger partial charge in [0.05, 0.1) is 0 Å². The van der Waals surface area contributed by atoms with Gasteiger partial charge >= 0.3 is 0 Å². The summed E-state index contributed by atoms with van der Waals surface area (Å²) in [6.07, 6.45) is 0. The maximum Gasteiger partial charge on any atom is 0.0402 e. The second kappa shape index (κ2) is 11.8. The molecule has 0 spiro atoms. The highest BCUT2D eigenvalue weighted by molar-refractivity contribution is 5.75. The van der Waals surface area contributed by atoms with Gasteiger partial charge in [-0.15, -0.1) is 0 Å². The molecule has 0 aliphatic carbocycles. The Hall–Kier alpha value is 0.0249. The lowest BCUT2D eigenvalue weighted by Gasteiger charge is -1.52. The number of rotatable bonds is 0. The van der Waals surface area contributed by atoms with Gasteiger partial charge in [0.1, 0.15) is 0 Å². The van der Waals surface area contributed by atoms with Crippen LogP contribution in [0.5, 0.6) is 0 Å². The highest BCUT2D eigenvalue weighted by atomic mass is 16.2. The molecule has 3 radical (unpaired) electrons. The predicted molar refractivity (Wildman–Crippen MR) is 18.5 cm³/mol. The van der Waals surface area contributed by atoms with Gasteiger partial charge in [0, 0.05) is 15.0 Å². The molecule has 0 amide bonds. The minimum Gasteiger partial charge on any atom is -0.397 e. The van der Waals surface area contributed by atoms with Crippen molar-refractivity contribution < 1.29 is 5.11 Å². The average Bonchev–Trinajstić information content (AvgIpc) is 0.918. The summed E-state index contributed by atoms with van der Waals surface area (Å²) in [6.45, 7) is 1.93. The summed E-state index contributed by atoms with van der Waals surface area (Å²) < 4.78 is 0. The van der Waals surface area contributed by atoms with Gasteiger partial charge in [-0.3, -0.25) is 0 Å². The maximum atomic E-state index is 7.57. The molecule has 0 rings (SSSR count). The topological polar surface area (TPSA) is 20.2 Å². The van der Waals surface area contributed by atoms with E-state index in [1.165, 1.54) is 0 Å². The summed E-state index contributed by atoms with van der Waals surface area (Å²) in [5.41, 5.74) is 0. The molecule has 0 fully saturated rings. The minimum absolute atomic E-state index is 0. The highest BCUT2D eigenvalue weighted by Gasteiger charge is 1.34. The first kappa shape index (κ1) is 8.98. The molecule has 0 saturated carbocycles. The van der Waals surface area contributed by atoms with Gasteiger partial charge in [-0.1, -0.05) is 0 Å². The Labute approximate surface area is 28.2 Å². The molecule has 0 aliphatic rings. The smallest absolute Gasteiger partial charge is 0.0402 e. The zero-order valence-electron chi connectivity index (χ0n) is 2.73. The molecule has 0 bridgehead atoms. The van der Waals surface area contributed by atoms with E-state index in [1.807, 2.05) is 0 Å². The summed E-state index contributed by atoms with van der Waals surface area (Å²) in [5, 5.41) is 7.57. The molecule has 0 aromatic rings. The van der Waals surface area contributed by atoms with Crippen molar-refractivity contribution in [1.82, 2.24) is 0 Å². The normalized spacial score (nSPS) is 4.50. The summed E-state index contributed by atoms with van der Waals surface area (Å²) in [5.74, 6) is 0. The van der Waals surface area contributed by atoms with Crippen molar-refractivity contribution >= 4 is 8.41 Å². The molecule has 0 aromatic heterocycles. The van der Waals surface area contributed by atoms with Gasteiger partial charge in [0.2, 0.25) is 0 Å². The predicted octanol–water partition coefficient (Wildman–Crippen LogP) is -0.382. The first-order valence-corrected chi connectivity index (χ1v) is 1.02. The molecule has 0 unspecified atom stereocenters. The van der Waals surface area contributed by atoms with Crippen LogP contribution in [-0.4, -0.2) is 20.1 Å². The molecule has 2 heteroatoms. The minimum atomic E-state index is 0. The number of hydrogen-bond donors (Lipinski definition) is 1. The summed E-state index contributed by atoms with van der Waals surface area (Å²) >= 11 is 0. The molecule has 1 N–H and O–H groups in total. The Balaban J connectivity index is 0. The van der Waals surface area contributed by atoms with Crippen LogP contribution in [0.4, 0.5) is 0 Å². The second-order valence-electron chi connectivity index (χ2n) is 0.316. The van der Waals surface area contributed by atoms with Crippen LogP contribution in [0.1, 0.15) is 6.92 Å². The Morgan fingerprint density at radius 1 is 1.75 bits per heavy atom. The lowest BCUT2D eigenvalue weighted by molar-refractivity contribution is 0.318. The SMILES string of the molecule is CCO.[B]. The number of aliphatic hydroxyl groups excluding tert-OH is 1. The van der Waals surface area contributed by atoms with Crippen molar-refractivity contribution in [2.75, 3.05) is 6.61 Å². The van der Waals surface area contributed by atoms with Crippen LogP contribution < -0.4 is 0 Å². The largest absolute Gasteiger partial charge is 0.397 e. The van der Waals surface area contributed by atoms with Gasteiger partial charge in [0.15, 0.2) is 0 Å². The van der Waals surface area contributed by atoms with E-state index in [0.717, 1.165) is 0 Å². The van der Waals surface area contributed by atoms with E-state index >= 15 is 0 Å². The molecule has 4 heavy (non-hydrogen) atoms. The lowest BCUT2D eigenvalue weighted by atomic mass is 10.8. The van der Waals surface area contributed by atoms with Crippen LogP contribution in [0.2, 0.25) is 0 Å². The lowest BCUT2D eigenvalue weighted by Crippen LogP contribution is -1.57. The van der Waals surface area contributed by atoms with E-state index in [-0.39, 0.29) is 15.0 Å². The van der Waals surface area contributed by atoms with Crippen molar-refractivity contribution in [1.29, 1.82) is 0 Å². The third-order valence-electron chi connectivity index (χ3n) is 0. The van der Waals surface area contributed by atoms with Gasteiger partial charge < -0.3 is 5.11 Å². The summed E-state index contributed by atoms with van der Waals surface area (Å²) in [7, 11) is 0. The quantitative estimate of drug-likeness (QED) is 0.375. The van der Waals surface area contributed by atoms with Crippen LogP contribution in [0.25, 0.3) is 0 Å². The Bertz CT molecular complexity index is 6.00. The van der Waals surface area contributed by atoms with E-state index in [0.29, 0.717) is 0 Å². The van der Waals surface area contributed by atoms with Crippen molar-refractivity contribution in [2.45, 2.75) is 6.92 Å². The fraction of sp³-hybridized carbons (Fsp3) is 1.00. The summed E-state index contributed by atoms with van der Waals surface area (Å²) in [6, 6.07) is 0. The van der Waals surface area contributed by atoms with Crippen molar-refractivity contribution in [2.24, 2.45) is 0 Å². The third-order valence-corrected chi connectivity index (χ3v) is 0. The molecular formula is C2H6BO. The molecule has 0 atom stereocenters. The van der Waals surface area contributed by atoms with E-state index < -0.39 is 0 Å². The number of aliphatic hydroxyl groups is 1. The van der Waals surface area contributed by atoms with Crippen LogP contribution >= 0.6 is 0 Å². The molecule has 0 heterocycles. The standard InChI is InChI=1S/C2H6O.B/c1-2-3;/h3H,2H2,1H3;. The average molecular weight is 56.9 g/mol. The zero-order valence-corrected chi connectivity index (χ0v) is 2.73. The van der Waals surface area contributed by atoms with Crippen LogP contribution in [-0.2, 0) is 0 Å². The van der Waals surface area contributed by atoms with Crippen LogP contribution in [0.15, 0.2) is 0 Å². The molecular weight excluding hydrogens is 50.8 g/mol. The van der Waals surface area contributed by atoms with Gasteiger partial charge in [-0.2, -0.15) is 0 Å². The molecule has 0 aliphatic heterocycles. The zero-order chi connectivity index (χ0) is 2.71. The Morgan fingerprint density at radius 2 is 1.75 bits per heavy atom. The first-order chi connectivity index (χ1) is 1.41. The molecule has 0 saturated heterocycles. The van der Waals surface area contributed by atoms with Gasteiger partial charge in [-0.25, -0.2) is 0 Å². The van der Waals surface area contributed by atoms with Gasteiger partial charge in [0.25, 0.3) is 0 Å². The molecule has 0 aromatic carbocycles. The van der Waals surface area contributed by atoms with E-state index in [9.17, 15) is 0 Å². The van der Waals surface area contributed by atoms with Crippen molar-refractivity contribution in [3.8, 4) is 0 Å². The first-order valence-electron chi connectivity index (χ1n) is 1.02. The third kappa shape index (κ3) is 3420. The van der Waals surface area contributed by atoms with Gasteiger partial charge in [-0.05, 0) is 6.92 Å². The summed E-state index contributed by atoms with van der Waals surface area (Å²) in [4.78, 5) is 0. The number of hydrogen-bond acceptors (Lipinski definition) is 1. The van der Waals surface area contributed by atoms with E-state index in [4.69, 9.17) is 5.11 Å². The second-order valence-corrected chi connectivity index (χ2v) is 0.316. The maximum absolute atomic E-state index is 7.57. The fourth-order valence-electron chi connectivity index (χ4n) is 0. The fourth-order valence-corrected chi connectivity index (χ4v) is 0. The van der Waals surface area contributed by atoms with E-state index in [1.54, 1.807) is 6.92 Å². The Morgan fingerprint density at radius 3 is 1.75 bits per heavy atom. The van der Waals surface area contributed by atoms with Crippen LogP contribution in [0, 0.1) is 0 Å². The monoisotopic (exact) mass is 57.1 g/mol. The molecule has 1 nitrogen and oxygen atoms in total. The highest BCUT2D eigenvalue weighted by Crippen LogP contribution is 1.30.